The van der Waals surface area contributed by atoms with Crippen LogP contribution in [0.1, 0.15) is 45.0 Å². The van der Waals surface area contributed by atoms with E-state index in [2.05, 4.69) is 159 Å². The Balaban J connectivity index is 1.46. The molecule has 4 aromatic carbocycles. The second kappa shape index (κ2) is 13.0. The van der Waals surface area contributed by atoms with Crippen LogP contribution in [-0.4, -0.2) is 19.9 Å². The summed E-state index contributed by atoms with van der Waals surface area (Å²) in [7, 11) is 0. The minimum Gasteiger partial charge on any atom is -0.354 e. The second-order valence-electron chi connectivity index (χ2n) is 14.5. The quantitative estimate of drug-likeness (QED) is 0.195. The van der Waals surface area contributed by atoms with E-state index in [1.165, 1.54) is 44.5 Å². The molecule has 0 atom stereocenters. The molecule has 0 amide bonds. The van der Waals surface area contributed by atoms with E-state index in [0.29, 0.717) is 0 Å². The van der Waals surface area contributed by atoms with Crippen LogP contribution in [0.15, 0.2) is 121 Å². The molecule has 9 rings (SSSR count). The molecule has 0 saturated heterocycles. The average Bonchev–Trinajstić information content (AvgIpc) is 3.99. The lowest BCUT2D eigenvalue weighted by Crippen LogP contribution is -1.90. The fourth-order valence-corrected chi connectivity index (χ4v) is 7.91. The van der Waals surface area contributed by atoms with Crippen molar-refractivity contribution < 1.29 is 0 Å². The zero-order chi connectivity index (χ0) is 35.3. The Bertz CT molecular complexity index is 2260. The Labute approximate surface area is 305 Å². The van der Waals surface area contributed by atoms with Crippen LogP contribution in [0.25, 0.3) is 66.6 Å². The topological polar surface area (TPSA) is 57.4 Å². The van der Waals surface area contributed by atoms with Gasteiger partial charge < -0.3 is 9.97 Å². The molecular formula is C48H42N4. The number of aryl methyl sites for hydroxylation is 8. The van der Waals surface area contributed by atoms with Crippen molar-refractivity contribution in [3.8, 4) is 44.5 Å². The summed E-state index contributed by atoms with van der Waals surface area (Å²) in [6, 6.07) is 44.5. The molecule has 2 aliphatic rings. The van der Waals surface area contributed by atoms with E-state index in [0.717, 1.165) is 92.8 Å². The summed E-state index contributed by atoms with van der Waals surface area (Å²) < 4.78 is 0. The normalized spacial score (nSPS) is 12.7. The van der Waals surface area contributed by atoms with Crippen LogP contribution in [0.5, 0.6) is 0 Å². The van der Waals surface area contributed by atoms with Crippen molar-refractivity contribution in [2.75, 3.05) is 0 Å². The van der Waals surface area contributed by atoms with Gasteiger partial charge in [-0.05, 0) is 99.9 Å². The van der Waals surface area contributed by atoms with Gasteiger partial charge in [0.25, 0.3) is 0 Å². The fourth-order valence-electron chi connectivity index (χ4n) is 7.91. The molecule has 4 heteroatoms. The predicted molar refractivity (Wildman–Crippen MR) is 217 cm³/mol. The maximum atomic E-state index is 5.54. The van der Waals surface area contributed by atoms with E-state index in [-0.39, 0.29) is 0 Å². The molecule has 8 bridgehead atoms. The molecule has 2 N–H and O–H groups in total. The van der Waals surface area contributed by atoms with Gasteiger partial charge in [0.15, 0.2) is 0 Å². The molecule has 2 aliphatic heterocycles. The van der Waals surface area contributed by atoms with Crippen molar-refractivity contribution in [2.45, 2.75) is 53.4 Å². The van der Waals surface area contributed by atoms with Crippen molar-refractivity contribution >= 4 is 22.1 Å². The van der Waals surface area contributed by atoms with Gasteiger partial charge in [-0.15, -0.1) is 0 Å². The van der Waals surface area contributed by atoms with Gasteiger partial charge in [-0.2, -0.15) is 0 Å². The predicted octanol–water partition coefficient (Wildman–Crippen LogP) is 11.8. The van der Waals surface area contributed by atoms with Crippen molar-refractivity contribution in [1.82, 2.24) is 19.9 Å². The van der Waals surface area contributed by atoms with Crippen molar-refractivity contribution in [2.24, 2.45) is 0 Å². The third kappa shape index (κ3) is 5.84. The number of aromatic amines is 2. The SMILES string of the molecule is Cc1ccc(-c2c3nc(c(-c4ccc(C)cc4)c4ccc([nH]4)c(-c4ccc(C)cc4)c4nc(c(-c5ccc(C)cc5)c5ccc2[nH]5)CC4)CC3)cc1. The lowest BCUT2D eigenvalue weighted by atomic mass is 9.99. The number of benzene rings is 4. The van der Waals surface area contributed by atoms with Crippen LogP contribution in [-0.2, 0) is 25.7 Å². The molecule has 7 aromatic rings. The summed E-state index contributed by atoms with van der Waals surface area (Å²) in [4.78, 5) is 18.9. The molecule has 0 fully saturated rings. The fraction of sp³-hybridized carbons (Fsp3) is 0.167. The van der Waals surface area contributed by atoms with Crippen LogP contribution in [0, 0.1) is 27.7 Å². The minimum atomic E-state index is 0.857. The van der Waals surface area contributed by atoms with Gasteiger partial charge in [-0.3, -0.25) is 9.97 Å². The van der Waals surface area contributed by atoms with Gasteiger partial charge in [0, 0.05) is 44.3 Å². The van der Waals surface area contributed by atoms with E-state index >= 15 is 0 Å². The smallest absolute Gasteiger partial charge is 0.0510 e. The van der Waals surface area contributed by atoms with Gasteiger partial charge in [-0.25, -0.2) is 0 Å². The summed E-state index contributed by atoms with van der Waals surface area (Å²) in [6.07, 6.45) is 3.43. The third-order valence-electron chi connectivity index (χ3n) is 10.7. The third-order valence-corrected chi connectivity index (χ3v) is 10.7. The Kier molecular flexibility index (Phi) is 7.96. The van der Waals surface area contributed by atoms with Crippen LogP contribution in [0.2, 0.25) is 0 Å². The Morgan fingerprint density at radius 2 is 0.519 bits per heavy atom. The van der Waals surface area contributed by atoms with E-state index in [1.54, 1.807) is 0 Å². The molecule has 0 spiro atoms. The van der Waals surface area contributed by atoms with Crippen molar-refractivity contribution in [1.29, 1.82) is 0 Å². The molecule has 52 heavy (non-hydrogen) atoms. The maximum absolute atomic E-state index is 5.54. The van der Waals surface area contributed by atoms with Crippen LogP contribution >= 0.6 is 0 Å². The van der Waals surface area contributed by atoms with Crippen LogP contribution in [0.3, 0.4) is 0 Å². The summed E-state index contributed by atoms with van der Waals surface area (Å²) in [5, 5.41) is 0. The standard InChI is InChI=1S/C48H42N4/c1-29-5-13-33(14-6-29)45-37-21-23-39(49-37)46(34-15-7-30(2)8-16-34)41-25-27-43(51-41)48(36-19-11-32(4)12-20-36)44-28-26-42(52-44)47(40-24-22-38(45)50-40)35-17-9-31(3)10-18-35/h5-21,23,26,28,49,52H,22,24-25,27H2,1-4H3. The Morgan fingerprint density at radius 3 is 0.731 bits per heavy atom. The first-order valence-electron chi connectivity index (χ1n) is 18.4. The number of hydrogen-bond donors (Lipinski definition) is 2. The summed E-state index contributed by atoms with van der Waals surface area (Å²) >= 11 is 0. The summed E-state index contributed by atoms with van der Waals surface area (Å²) in [5.41, 5.74) is 23.0. The monoisotopic (exact) mass is 674 g/mol. The van der Waals surface area contributed by atoms with Gasteiger partial charge in [0.2, 0.25) is 0 Å². The average molecular weight is 675 g/mol. The minimum absolute atomic E-state index is 0.857. The van der Waals surface area contributed by atoms with Crippen LogP contribution in [0.4, 0.5) is 0 Å². The van der Waals surface area contributed by atoms with Gasteiger partial charge >= 0.3 is 0 Å². The number of rotatable bonds is 4. The molecule has 4 nitrogen and oxygen atoms in total. The highest BCUT2D eigenvalue weighted by molar-refractivity contribution is 5.92. The molecule has 5 heterocycles. The number of H-pyrrole nitrogens is 2. The second-order valence-corrected chi connectivity index (χ2v) is 14.5. The lowest BCUT2D eigenvalue weighted by Gasteiger charge is -2.07. The van der Waals surface area contributed by atoms with E-state index in [9.17, 15) is 0 Å². The lowest BCUT2D eigenvalue weighted by molar-refractivity contribution is 1.03. The molecule has 0 aliphatic carbocycles. The molecule has 254 valence electrons. The number of nitrogens with zero attached hydrogens (tertiary/aromatic N) is 2. The Hall–Kier alpha value is -6.00. The largest absolute Gasteiger partial charge is 0.354 e. The zero-order valence-electron chi connectivity index (χ0n) is 30.3. The van der Waals surface area contributed by atoms with Crippen molar-refractivity contribution in [3.63, 3.8) is 0 Å². The van der Waals surface area contributed by atoms with E-state index in [4.69, 9.17) is 9.97 Å². The molecular weight excluding hydrogens is 633 g/mol. The van der Waals surface area contributed by atoms with Crippen molar-refractivity contribution in [3.05, 3.63) is 166 Å². The molecule has 3 aromatic heterocycles. The number of aromatic nitrogens is 4. The first-order valence-corrected chi connectivity index (χ1v) is 18.4. The zero-order valence-corrected chi connectivity index (χ0v) is 30.3. The van der Waals surface area contributed by atoms with Gasteiger partial charge in [0.05, 0.1) is 22.8 Å². The van der Waals surface area contributed by atoms with E-state index in [1.807, 2.05) is 0 Å². The van der Waals surface area contributed by atoms with Crippen LogP contribution < -0.4 is 0 Å². The highest BCUT2D eigenvalue weighted by atomic mass is 14.8. The first kappa shape index (κ1) is 31.9. The number of nitrogens with one attached hydrogen (secondary N) is 2. The summed E-state index contributed by atoms with van der Waals surface area (Å²) in [5.74, 6) is 0. The molecule has 0 saturated carbocycles. The highest BCUT2D eigenvalue weighted by Gasteiger charge is 2.22. The maximum Gasteiger partial charge on any atom is 0.0510 e. The van der Waals surface area contributed by atoms with Gasteiger partial charge in [0.1, 0.15) is 0 Å². The highest BCUT2D eigenvalue weighted by Crippen LogP contribution is 2.38. The Morgan fingerprint density at radius 1 is 0.308 bits per heavy atom. The first-order chi connectivity index (χ1) is 25.4. The number of hydrogen-bond acceptors (Lipinski definition) is 2. The molecule has 0 unspecified atom stereocenters. The van der Waals surface area contributed by atoms with Gasteiger partial charge in [-0.1, -0.05) is 119 Å². The molecule has 0 radical (unpaired) electrons. The number of fused-ring (bicyclic) bond motifs is 8. The van der Waals surface area contributed by atoms with E-state index < -0.39 is 0 Å². The summed E-state index contributed by atoms with van der Waals surface area (Å²) in [6.45, 7) is 8.57.